The molecule has 0 unspecified atom stereocenters. The Morgan fingerprint density at radius 2 is 1.75 bits per heavy atom. The molecule has 0 atom stereocenters. The second-order valence-electron chi connectivity index (χ2n) is 7.04. The van der Waals surface area contributed by atoms with Crippen molar-refractivity contribution in [2.75, 3.05) is 31.1 Å². The summed E-state index contributed by atoms with van der Waals surface area (Å²) in [5, 5.41) is 0. The summed E-state index contributed by atoms with van der Waals surface area (Å²) >= 11 is 4.36. The van der Waals surface area contributed by atoms with E-state index in [-0.39, 0.29) is 0 Å². The number of aromatic nitrogens is 2. The van der Waals surface area contributed by atoms with Gasteiger partial charge in [0.2, 0.25) is 0 Å². The van der Waals surface area contributed by atoms with Crippen molar-refractivity contribution in [1.82, 2.24) is 14.5 Å². The van der Waals surface area contributed by atoms with Crippen molar-refractivity contribution in [2.45, 2.75) is 17.6 Å². The average molecular weight is 406 g/mol. The highest BCUT2D eigenvalue weighted by Crippen LogP contribution is 2.35. The normalized spacial score (nSPS) is 16.1. The molecule has 2 aromatic carbocycles. The van der Waals surface area contributed by atoms with Crippen molar-refractivity contribution >= 4 is 29.3 Å². The molecule has 148 valence electrons. The van der Waals surface area contributed by atoms with Crippen LogP contribution in [0.1, 0.15) is 11.4 Å². The lowest BCUT2D eigenvalue weighted by molar-refractivity contribution is -0.137. The predicted molar refractivity (Wildman–Crippen MR) is 107 cm³/mol. The summed E-state index contributed by atoms with van der Waals surface area (Å²) in [5.41, 5.74) is 1.98. The van der Waals surface area contributed by atoms with E-state index in [1.165, 1.54) is 12.1 Å². The van der Waals surface area contributed by atoms with Crippen LogP contribution in [-0.2, 0) is 19.8 Å². The molecular weight excluding hydrogens is 385 g/mol. The number of halogens is 3. The van der Waals surface area contributed by atoms with Crippen molar-refractivity contribution in [3.8, 4) is 0 Å². The molecule has 3 aromatic rings. The highest BCUT2D eigenvalue weighted by molar-refractivity contribution is 7.80. The van der Waals surface area contributed by atoms with Crippen molar-refractivity contribution in [2.24, 2.45) is 7.05 Å². The molecule has 8 heteroatoms. The fourth-order valence-electron chi connectivity index (χ4n) is 3.64. The van der Waals surface area contributed by atoms with Gasteiger partial charge in [-0.3, -0.25) is 4.90 Å². The average Bonchev–Trinajstić information content (AvgIpc) is 2.98. The molecule has 1 aromatic heterocycles. The lowest BCUT2D eigenvalue weighted by Crippen LogP contribution is -2.46. The van der Waals surface area contributed by atoms with Crippen molar-refractivity contribution < 1.29 is 13.2 Å². The lowest BCUT2D eigenvalue weighted by Gasteiger charge is -2.36. The van der Waals surface area contributed by atoms with Gasteiger partial charge in [0.15, 0.2) is 0 Å². The largest absolute Gasteiger partial charge is 0.416 e. The summed E-state index contributed by atoms with van der Waals surface area (Å²) < 4.78 is 41.2. The second kappa shape index (κ2) is 7.33. The van der Waals surface area contributed by atoms with E-state index in [1.54, 1.807) is 0 Å². The van der Waals surface area contributed by atoms with Crippen LogP contribution < -0.4 is 4.90 Å². The quantitative estimate of drug-likeness (QED) is 0.660. The van der Waals surface area contributed by atoms with Gasteiger partial charge in [0.1, 0.15) is 5.82 Å². The molecule has 2 heterocycles. The molecule has 0 amide bonds. The molecule has 1 aliphatic rings. The van der Waals surface area contributed by atoms with Crippen LogP contribution in [0.25, 0.3) is 11.0 Å². The Hall–Kier alpha value is -2.19. The van der Waals surface area contributed by atoms with Crippen LogP contribution in [0.4, 0.5) is 18.9 Å². The molecule has 4 rings (SSSR count). The van der Waals surface area contributed by atoms with E-state index in [4.69, 9.17) is 4.98 Å². The molecule has 0 bridgehead atoms. The van der Waals surface area contributed by atoms with Gasteiger partial charge in [0.25, 0.3) is 0 Å². The third-order valence-electron chi connectivity index (χ3n) is 5.26. The minimum absolute atomic E-state index is 0.542. The standard InChI is InChI=1S/C20H21F3N4S/c1-25-16-5-3-2-4-15(16)24-19(25)13-26-8-10-27(11-9-26)17-12-14(20(21,22)23)6-7-18(17)28/h2-7,12,28H,8-11,13H2,1H3. The zero-order chi connectivity index (χ0) is 19.9. The summed E-state index contributed by atoms with van der Waals surface area (Å²) in [6.07, 6.45) is -4.35. The maximum Gasteiger partial charge on any atom is 0.416 e. The number of para-hydroxylation sites is 2. The van der Waals surface area contributed by atoms with Gasteiger partial charge in [-0.2, -0.15) is 13.2 Å². The zero-order valence-electron chi connectivity index (χ0n) is 15.4. The Bertz CT molecular complexity index is 991. The lowest BCUT2D eigenvalue weighted by atomic mass is 10.1. The molecule has 0 radical (unpaired) electrons. The first-order valence-corrected chi connectivity index (χ1v) is 9.55. The molecule has 1 fully saturated rings. The predicted octanol–water partition coefficient (Wildman–Crippen LogP) is 4.20. The minimum atomic E-state index is -4.35. The Labute approximate surface area is 167 Å². The summed E-state index contributed by atoms with van der Waals surface area (Å²) in [6.45, 7) is 3.53. The van der Waals surface area contributed by atoms with Crippen molar-refractivity contribution in [1.29, 1.82) is 0 Å². The number of aryl methyl sites for hydroxylation is 1. The fourth-order valence-corrected chi connectivity index (χ4v) is 3.92. The smallest absolute Gasteiger partial charge is 0.368 e. The number of hydrogen-bond acceptors (Lipinski definition) is 4. The van der Waals surface area contributed by atoms with Crippen LogP contribution in [0.3, 0.4) is 0 Å². The van der Waals surface area contributed by atoms with Crippen LogP contribution >= 0.6 is 12.6 Å². The number of imidazole rings is 1. The molecule has 0 aliphatic carbocycles. The van der Waals surface area contributed by atoms with E-state index in [2.05, 4.69) is 22.1 Å². The SMILES string of the molecule is Cn1c(CN2CCN(c3cc(C(F)(F)F)ccc3S)CC2)nc2ccccc21. The van der Waals surface area contributed by atoms with Gasteiger partial charge in [-0.05, 0) is 30.3 Å². The van der Waals surface area contributed by atoms with E-state index < -0.39 is 11.7 Å². The molecular formula is C20H21F3N4S. The number of fused-ring (bicyclic) bond motifs is 1. The number of benzene rings is 2. The number of piperazine rings is 1. The van der Waals surface area contributed by atoms with E-state index in [9.17, 15) is 13.2 Å². The molecule has 1 saturated heterocycles. The van der Waals surface area contributed by atoms with E-state index >= 15 is 0 Å². The van der Waals surface area contributed by atoms with Gasteiger partial charge in [-0.25, -0.2) is 4.98 Å². The van der Waals surface area contributed by atoms with Gasteiger partial charge in [-0.15, -0.1) is 12.6 Å². The first-order valence-electron chi connectivity index (χ1n) is 9.11. The molecule has 4 nitrogen and oxygen atoms in total. The summed E-state index contributed by atoms with van der Waals surface area (Å²) in [6, 6.07) is 11.7. The number of rotatable bonds is 3. The highest BCUT2D eigenvalue weighted by Gasteiger charge is 2.32. The van der Waals surface area contributed by atoms with E-state index in [0.29, 0.717) is 23.7 Å². The number of anilines is 1. The van der Waals surface area contributed by atoms with Crippen LogP contribution in [0.15, 0.2) is 47.4 Å². The van der Waals surface area contributed by atoms with Crippen LogP contribution in [0.5, 0.6) is 0 Å². The molecule has 0 saturated carbocycles. The first-order chi connectivity index (χ1) is 13.3. The van der Waals surface area contributed by atoms with Gasteiger partial charge >= 0.3 is 6.18 Å². The van der Waals surface area contributed by atoms with Gasteiger partial charge in [-0.1, -0.05) is 12.1 Å². The van der Waals surface area contributed by atoms with Gasteiger partial charge in [0.05, 0.1) is 28.8 Å². The first kappa shape index (κ1) is 19.1. The number of nitrogens with zero attached hydrogens (tertiary/aromatic N) is 4. The zero-order valence-corrected chi connectivity index (χ0v) is 16.3. The number of hydrogen-bond donors (Lipinski definition) is 1. The fraction of sp³-hybridized carbons (Fsp3) is 0.350. The van der Waals surface area contributed by atoms with E-state index in [0.717, 1.165) is 42.6 Å². The van der Waals surface area contributed by atoms with Gasteiger partial charge in [0, 0.05) is 38.1 Å². The molecule has 0 N–H and O–H groups in total. The Kier molecular flexibility index (Phi) is 5.01. The highest BCUT2D eigenvalue weighted by atomic mass is 32.1. The Morgan fingerprint density at radius 3 is 2.43 bits per heavy atom. The Balaban J connectivity index is 1.45. The van der Waals surface area contributed by atoms with Crippen LogP contribution in [-0.4, -0.2) is 40.6 Å². The van der Waals surface area contributed by atoms with Crippen molar-refractivity contribution in [3.63, 3.8) is 0 Å². The Morgan fingerprint density at radius 1 is 1.04 bits per heavy atom. The van der Waals surface area contributed by atoms with Crippen molar-refractivity contribution in [3.05, 3.63) is 53.9 Å². The topological polar surface area (TPSA) is 24.3 Å². The summed E-state index contributed by atoms with van der Waals surface area (Å²) in [4.78, 5) is 9.53. The monoisotopic (exact) mass is 406 g/mol. The maximum atomic E-state index is 13.0. The van der Waals surface area contributed by atoms with E-state index in [1.807, 2.05) is 36.2 Å². The van der Waals surface area contributed by atoms with Crippen LogP contribution in [0, 0.1) is 0 Å². The number of alkyl halides is 3. The molecule has 1 aliphatic heterocycles. The molecule has 0 spiro atoms. The van der Waals surface area contributed by atoms with Crippen LogP contribution in [0.2, 0.25) is 0 Å². The molecule has 28 heavy (non-hydrogen) atoms. The van der Waals surface area contributed by atoms with Gasteiger partial charge < -0.3 is 9.47 Å². The summed E-state index contributed by atoms with van der Waals surface area (Å²) in [7, 11) is 2.01. The second-order valence-corrected chi connectivity index (χ2v) is 7.52. The summed E-state index contributed by atoms with van der Waals surface area (Å²) in [5.74, 6) is 0.989. The number of thiol groups is 1. The third kappa shape index (κ3) is 3.71. The minimum Gasteiger partial charge on any atom is -0.368 e. The third-order valence-corrected chi connectivity index (χ3v) is 5.64. The maximum absolute atomic E-state index is 13.0.